The molecular formula is C20H11Cl3N2O3. The van der Waals surface area contributed by atoms with E-state index >= 15 is 0 Å². The first-order valence-corrected chi connectivity index (χ1v) is 9.24. The molecule has 0 spiro atoms. The maximum absolute atomic E-state index is 12.6. The predicted molar refractivity (Wildman–Crippen MR) is 110 cm³/mol. The summed E-state index contributed by atoms with van der Waals surface area (Å²) in [4.78, 5) is 25.9. The lowest BCUT2D eigenvalue weighted by molar-refractivity contribution is -0.113. The van der Waals surface area contributed by atoms with Crippen molar-refractivity contribution >= 4 is 58.5 Å². The zero-order valence-electron chi connectivity index (χ0n) is 14.1. The van der Waals surface area contributed by atoms with Crippen molar-refractivity contribution in [2.45, 2.75) is 0 Å². The van der Waals surface area contributed by atoms with Gasteiger partial charge in [-0.1, -0.05) is 34.8 Å². The van der Waals surface area contributed by atoms with Gasteiger partial charge in [-0.05, 0) is 54.6 Å². The molecule has 3 amide bonds. The van der Waals surface area contributed by atoms with Crippen molar-refractivity contribution in [3.63, 3.8) is 0 Å². The smallest absolute Gasteiger partial charge is 0.333 e. The zero-order valence-corrected chi connectivity index (χ0v) is 16.3. The molecule has 140 valence electrons. The van der Waals surface area contributed by atoms with Crippen molar-refractivity contribution in [2.75, 3.05) is 4.90 Å². The fourth-order valence-electron chi connectivity index (χ4n) is 2.77. The molecule has 0 unspecified atom stereocenters. The number of furan rings is 1. The van der Waals surface area contributed by atoms with Gasteiger partial charge in [0.2, 0.25) is 0 Å². The molecule has 0 atom stereocenters. The number of carbonyl (C=O) groups is 2. The van der Waals surface area contributed by atoms with Crippen molar-refractivity contribution in [1.82, 2.24) is 5.32 Å². The molecule has 4 rings (SSSR count). The fourth-order valence-corrected chi connectivity index (χ4v) is 3.39. The van der Waals surface area contributed by atoms with Gasteiger partial charge in [-0.2, -0.15) is 0 Å². The van der Waals surface area contributed by atoms with Crippen LogP contribution in [0.25, 0.3) is 17.4 Å². The number of nitrogens with one attached hydrogen (secondary N) is 1. The number of hydrogen-bond donors (Lipinski definition) is 1. The molecule has 1 N–H and O–H groups in total. The number of carbonyl (C=O) groups excluding carboxylic acids is 2. The second kappa shape index (κ2) is 7.36. The lowest BCUT2D eigenvalue weighted by Gasteiger charge is -2.11. The van der Waals surface area contributed by atoms with Crippen LogP contribution in [0.4, 0.5) is 10.5 Å². The maximum atomic E-state index is 12.6. The molecule has 1 fully saturated rings. The van der Waals surface area contributed by atoms with Crippen LogP contribution in [0.15, 0.2) is 64.7 Å². The lowest BCUT2D eigenvalue weighted by atomic mass is 10.2. The summed E-state index contributed by atoms with van der Waals surface area (Å²) < 4.78 is 5.75. The Labute approximate surface area is 175 Å². The number of anilines is 1. The Morgan fingerprint density at radius 3 is 2.32 bits per heavy atom. The molecule has 1 aromatic heterocycles. The van der Waals surface area contributed by atoms with Crippen LogP contribution in [0.1, 0.15) is 5.76 Å². The molecule has 1 aliphatic heterocycles. The van der Waals surface area contributed by atoms with Gasteiger partial charge in [0, 0.05) is 21.7 Å². The highest BCUT2D eigenvalue weighted by molar-refractivity contribution is 6.36. The van der Waals surface area contributed by atoms with Gasteiger partial charge in [0.1, 0.15) is 17.2 Å². The van der Waals surface area contributed by atoms with Crippen LogP contribution in [0.2, 0.25) is 15.1 Å². The number of imide groups is 1. The number of halogens is 3. The minimum Gasteiger partial charge on any atom is -0.457 e. The molecule has 0 bridgehead atoms. The van der Waals surface area contributed by atoms with E-state index < -0.39 is 11.9 Å². The van der Waals surface area contributed by atoms with Crippen molar-refractivity contribution in [3.05, 3.63) is 81.1 Å². The van der Waals surface area contributed by atoms with E-state index in [4.69, 9.17) is 39.2 Å². The number of nitrogens with zero attached hydrogens (tertiary/aromatic N) is 1. The van der Waals surface area contributed by atoms with Gasteiger partial charge in [0.15, 0.2) is 0 Å². The number of rotatable bonds is 3. The number of amides is 3. The summed E-state index contributed by atoms with van der Waals surface area (Å²) in [6.45, 7) is 0. The number of benzene rings is 2. The van der Waals surface area contributed by atoms with Gasteiger partial charge >= 0.3 is 6.03 Å². The van der Waals surface area contributed by atoms with Gasteiger partial charge in [-0.3, -0.25) is 4.79 Å². The molecule has 28 heavy (non-hydrogen) atoms. The molecule has 8 heteroatoms. The third kappa shape index (κ3) is 3.52. The second-order valence-corrected chi connectivity index (χ2v) is 7.21. The van der Waals surface area contributed by atoms with E-state index in [2.05, 4.69) is 5.32 Å². The van der Waals surface area contributed by atoms with Crippen LogP contribution in [0, 0.1) is 0 Å². The van der Waals surface area contributed by atoms with Gasteiger partial charge in [0.05, 0.1) is 10.7 Å². The topological polar surface area (TPSA) is 62.6 Å². The summed E-state index contributed by atoms with van der Waals surface area (Å²) in [5, 5.41) is 4.02. The predicted octanol–water partition coefficient (Wildman–Crippen LogP) is 6.00. The van der Waals surface area contributed by atoms with Gasteiger partial charge in [-0.15, -0.1) is 0 Å². The first-order chi connectivity index (χ1) is 13.4. The van der Waals surface area contributed by atoms with E-state index in [1.807, 2.05) is 0 Å². The van der Waals surface area contributed by atoms with Crippen LogP contribution in [0.5, 0.6) is 0 Å². The van der Waals surface area contributed by atoms with E-state index in [9.17, 15) is 9.59 Å². The minimum atomic E-state index is -0.550. The summed E-state index contributed by atoms with van der Waals surface area (Å²) in [6, 6.07) is 14.3. The SMILES string of the molecule is O=C1N/C(=C\c2ccc(-c3ccc(Cl)cc3Cl)o2)C(=O)N1c1ccc(Cl)cc1. The van der Waals surface area contributed by atoms with Gasteiger partial charge in [0.25, 0.3) is 5.91 Å². The highest BCUT2D eigenvalue weighted by atomic mass is 35.5. The van der Waals surface area contributed by atoms with E-state index in [0.29, 0.717) is 37.8 Å². The molecule has 0 saturated carbocycles. The summed E-state index contributed by atoms with van der Waals surface area (Å²) in [7, 11) is 0. The Balaban J connectivity index is 1.61. The van der Waals surface area contributed by atoms with Crippen LogP contribution < -0.4 is 10.2 Å². The normalized spacial score (nSPS) is 15.4. The van der Waals surface area contributed by atoms with Gasteiger partial charge in [-0.25, -0.2) is 9.69 Å². The second-order valence-electron chi connectivity index (χ2n) is 5.93. The van der Waals surface area contributed by atoms with Crippen LogP contribution in [-0.2, 0) is 4.79 Å². The van der Waals surface area contributed by atoms with E-state index in [0.717, 1.165) is 4.90 Å². The monoisotopic (exact) mass is 432 g/mol. The van der Waals surface area contributed by atoms with Crippen molar-refractivity contribution in [1.29, 1.82) is 0 Å². The molecule has 1 saturated heterocycles. The third-order valence-corrected chi connectivity index (χ3v) is 4.87. The lowest BCUT2D eigenvalue weighted by Crippen LogP contribution is -2.30. The van der Waals surface area contributed by atoms with Crippen LogP contribution in [-0.4, -0.2) is 11.9 Å². The largest absolute Gasteiger partial charge is 0.457 e. The Morgan fingerprint density at radius 2 is 1.61 bits per heavy atom. The van der Waals surface area contributed by atoms with Crippen molar-refractivity contribution in [3.8, 4) is 11.3 Å². The Kier molecular flexibility index (Phi) is 4.89. The van der Waals surface area contributed by atoms with E-state index in [1.165, 1.54) is 6.08 Å². The average Bonchev–Trinajstić information content (AvgIpc) is 3.21. The molecule has 0 aliphatic carbocycles. The molecule has 5 nitrogen and oxygen atoms in total. The van der Waals surface area contributed by atoms with E-state index in [-0.39, 0.29) is 5.70 Å². The summed E-state index contributed by atoms with van der Waals surface area (Å²) in [5.74, 6) is 0.414. The molecule has 2 aromatic carbocycles. The molecule has 2 heterocycles. The molecular weight excluding hydrogens is 423 g/mol. The van der Waals surface area contributed by atoms with Crippen LogP contribution >= 0.6 is 34.8 Å². The number of hydrogen-bond acceptors (Lipinski definition) is 3. The first kappa shape index (κ1) is 18.6. The minimum absolute atomic E-state index is 0.100. The maximum Gasteiger partial charge on any atom is 0.333 e. The summed E-state index contributed by atoms with van der Waals surface area (Å²) in [6.07, 6.45) is 1.46. The summed E-state index contributed by atoms with van der Waals surface area (Å²) in [5.41, 5.74) is 1.19. The molecule has 1 aliphatic rings. The first-order valence-electron chi connectivity index (χ1n) is 8.10. The Bertz CT molecular complexity index is 1120. The Morgan fingerprint density at radius 1 is 0.893 bits per heavy atom. The summed E-state index contributed by atoms with van der Waals surface area (Å²) >= 11 is 18.0. The highest BCUT2D eigenvalue weighted by Gasteiger charge is 2.35. The standard InChI is InChI=1S/C20H11Cl3N2O3/c21-11-1-4-13(5-2-11)25-19(26)17(24-20(25)27)10-14-6-8-18(28-14)15-7-3-12(22)9-16(15)23/h1-10H,(H,24,27)/b17-10-. The third-order valence-electron chi connectivity index (χ3n) is 4.07. The fraction of sp³-hybridized carbons (Fsp3) is 0. The quantitative estimate of drug-likeness (QED) is 0.407. The zero-order chi connectivity index (χ0) is 19.8. The van der Waals surface area contributed by atoms with E-state index in [1.54, 1.807) is 54.6 Å². The molecule has 3 aromatic rings. The average molecular weight is 434 g/mol. The van der Waals surface area contributed by atoms with Crippen LogP contribution in [0.3, 0.4) is 0 Å². The molecule has 0 radical (unpaired) electrons. The highest BCUT2D eigenvalue weighted by Crippen LogP contribution is 2.32. The van der Waals surface area contributed by atoms with Gasteiger partial charge < -0.3 is 9.73 Å². The number of urea groups is 1. The van der Waals surface area contributed by atoms with Crippen molar-refractivity contribution < 1.29 is 14.0 Å². The Hall–Kier alpha value is -2.73. The van der Waals surface area contributed by atoms with Crippen molar-refractivity contribution in [2.24, 2.45) is 0 Å².